The Kier molecular flexibility index (Phi) is 13.0. The van der Waals surface area contributed by atoms with E-state index in [1.807, 2.05) is 50.3 Å². The fourth-order valence-electron chi connectivity index (χ4n) is 3.18. The molecule has 1 unspecified atom stereocenters. The quantitative estimate of drug-likeness (QED) is 0.199. The van der Waals surface area contributed by atoms with Crippen LogP contribution in [0.1, 0.15) is 37.4 Å². The monoisotopic (exact) mass is 820 g/mol. The van der Waals surface area contributed by atoms with Crippen LogP contribution in [0.25, 0.3) is 38.7 Å². The van der Waals surface area contributed by atoms with Crippen LogP contribution in [0.4, 0.5) is 0 Å². The molecule has 0 spiro atoms. The van der Waals surface area contributed by atoms with E-state index in [1.165, 1.54) is 21.5 Å². The zero-order chi connectivity index (χ0) is 19.9. The van der Waals surface area contributed by atoms with Gasteiger partial charge in [-0.3, -0.25) is 0 Å². The van der Waals surface area contributed by atoms with Crippen LogP contribution >= 0.6 is 0 Å². The van der Waals surface area contributed by atoms with Crippen LogP contribution < -0.4 is 0 Å². The van der Waals surface area contributed by atoms with Crippen molar-refractivity contribution in [3.05, 3.63) is 114 Å². The number of nitrogens with one attached hydrogen (secondary N) is 2. The number of benzene rings is 4. The van der Waals surface area contributed by atoms with Crippen molar-refractivity contribution in [3.8, 4) is 0 Å². The molecule has 0 amide bonds. The minimum atomic E-state index is -0.0837. The first-order chi connectivity index (χ1) is 13.6. The van der Waals surface area contributed by atoms with Gasteiger partial charge in [0.1, 0.15) is 0 Å². The Morgan fingerprint density at radius 2 is 1.27 bits per heavy atom. The van der Waals surface area contributed by atoms with Crippen LogP contribution in [0, 0.1) is 88.1 Å². The van der Waals surface area contributed by atoms with Crippen molar-refractivity contribution in [2.75, 3.05) is 0 Å². The first-order valence-electron chi connectivity index (χ1n) is 9.69. The van der Waals surface area contributed by atoms with Gasteiger partial charge < -0.3 is 11.5 Å². The summed E-state index contributed by atoms with van der Waals surface area (Å²) in [6, 6.07) is 28.8. The minimum Gasteiger partial charge on any atom is -0.699 e. The molecule has 0 saturated carbocycles. The molecule has 0 aliphatic rings. The second-order valence-electron chi connectivity index (χ2n) is 6.83. The zero-order valence-electron chi connectivity index (χ0n) is 17.6. The summed E-state index contributed by atoms with van der Waals surface area (Å²) >= 11 is 0. The van der Waals surface area contributed by atoms with E-state index < -0.39 is 0 Å². The molecule has 0 bridgehead atoms. The molecule has 0 aliphatic heterocycles. The van der Waals surface area contributed by atoms with Crippen molar-refractivity contribution in [3.63, 3.8) is 0 Å². The molecular formula is C26H26Ac2N2-2. The van der Waals surface area contributed by atoms with Gasteiger partial charge >= 0.3 is 0 Å². The van der Waals surface area contributed by atoms with Crippen molar-refractivity contribution in [2.24, 2.45) is 0 Å². The summed E-state index contributed by atoms with van der Waals surface area (Å²) in [6.07, 6.45) is 2.68. The molecule has 0 fully saturated rings. The molecule has 4 rings (SSSR count). The predicted molar refractivity (Wildman–Crippen MR) is 123 cm³/mol. The third-order valence-corrected chi connectivity index (χ3v) is 4.93. The Labute approximate surface area is 251 Å². The second-order valence-corrected chi connectivity index (χ2v) is 6.83. The average Bonchev–Trinajstić information content (AvgIpc) is 2.77. The molecule has 2 nitrogen and oxygen atoms in total. The third-order valence-electron chi connectivity index (χ3n) is 4.93. The molecule has 0 heterocycles. The van der Waals surface area contributed by atoms with E-state index in [-0.39, 0.29) is 94.2 Å². The first-order valence-corrected chi connectivity index (χ1v) is 9.69. The van der Waals surface area contributed by atoms with E-state index in [2.05, 4.69) is 54.6 Å². The Morgan fingerprint density at radius 3 is 1.80 bits per heavy atom. The summed E-state index contributed by atoms with van der Waals surface area (Å²) in [5.74, 6) is 0. The Morgan fingerprint density at radius 1 is 0.767 bits per heavy atom. The van der Waals surface area contributed by atoms with Crippen LogP contribution in [-0.2, 0) is 0 Å². The van der Waals surface area contributed by atoms with Gasteiger partial charge in [0.15, 0.2) is 0 Å². The van der Waals surface area contributed by atoms with Crippen LogP contribution in [0.3, 0.4) is 0 Å². The third kappa shape index (κ3) is 7.43. The molecule has 148 valence electrons. The molecule has 30 heavy (non-hydrogen) atoms. The summed E-state index contributed by atoms with van der Waals surface area (Å²) in [5, 5.41) is 4.90. The average molecular weight is 821 g/mol. The normalized spacial score (nSPS) is 11.6. The second kappa shape index (κ2) is 14.0. The number of fused-ring (bicyclic) bond motifs is 2. The number of rotatable bonds is 3. The van der Waals surface area contributed by atoms with E-state index >= 15 is 0 Å². The van der Waals surface area contributed by atoms with Gasteiger partial charge in [-0.2, -0.15) is 0 Å². The van der Waals surface area contributed by atoms with Crippen molar-refractivity contribution in [1.29, 1.82) is 0 Å². The van der Waals surface area contributed by atoms with Crippen LogP contribution in [-0.4, -0.2) is 0 Å². The van der Waals surface area contributed by atoms with Crippen molar-refractivity contribution < 1.29 is 88.1 Å². The van der Waals surface area contributed by atoms with E-state index in [1.54, 1.807) is 0 Å². The maximum Gasteiger partial charge on any atom is 0 e. The molecule has 4 aromatic rings. The van der Waals surface area contributed by atoms with Crippen LogP contribution in [0.2, 0.25) is 0 Å². The standard InChI is InChI=1S/C13H14N.C13H12N.2Ac/c2*1-2-13(14)12-8-7-10-5-3-4-6-11(10)9-12;;/h3-9,13-14H,2H2,1H3;2-9,14H,1H3;;/q2*-1;;. The zero-order valence-corrected chi connectivity index (χ0v) is 27.1. The number of hydrogen-bond acceptors (Lipinski definition) is 0. The Bertz CT molecular complexity index is 1110. The van der Waals surface area contributed by atoms with Gasteiger partial charge in [0.05, 0.1) is 0 Å². The number of hydrogen-bond donors (Lipinski definition) is 0. The van der Waals surface area contributed by atoms with E-state index in [9.17, 15) is 0 Å². The summed E-state index contributed by atoms with van der Waals surface area (Å²) < 4.78 is 0. The summed E-state index contributed by atoms with van der Waals surface area (Å²) in [6.45, 7) is 3.93. The fraction of sp³-hybridized carbons (Fsp3) is 0.154. The summed E-state index contributed by atoms with van der Waals surface area (Å²) in [5.41, 5.74) is 18.2. The van der Waals surface area contributed by atoms with Gasteiger partial charge in [-0.05, 0) is 40.1 Å². The number of allylic oxidation sites excluding steroid dienone is 1. The predicted octanol–water partition coefficient (Wildman–Crippen LogP) is 8.60. The van der Waals surface area contributed by atoms with E-state index in [0.717, 1.165) is 17.5 Å². The summed E-state index contributed by atoms with van der Waals surface area (Å²) in [4.78, 5) is 0. The molecule has 4 heteroatoms. The van der Waals surface area contributed by atoms with Gasteiger partial charge in [0.2, 0.25) is 0 Å². The van der Waals surface area contributed by atoms with Gasteiger partial charge in [-0.15, -0.1) is 17.8 Å². The SMILES string of the molecule is CC=C([NH-])c1ccc2ccccc2c1.CCC([NH-])c1ccc2ccccc2c1.[Ac].[Ac]. The molecule has 0 saturated heterocycles. The van der Waals surface area contributed by atoms with Gasteiger partial charge in [-0.1, -0.05) is 97.8 Å². The maximum atomic E-state index is 7.84. The van der Waals surface area contributed by atoms with Gasteiger partial charge in [0.25, 0.3) is 0 Å². The summed E-state index contributed by atoms with van der Waals surface area (Å²) in [7, 11) is 0. The topological polar surface area (TPSA) is 47.6 Å². The molecule has 2 radical (unpaired) electrons. The van der Waals surface area contributed by atoms with Crippen molar-refractivity contribution >= 4 is 27.2 Å². The Hall–Kier alpha value is -0.217. The molecule has 0 aromatic heterocycles. The fourth-order valence-corrected chi connectivity index (χ4v) is 3.18. The van der Waals surface area contributed by atoms with E-state index in [0.29, 0.717) is 5.70 Å². The van der Waals surface area contributed by atoms with Crippen LogP contribution in [0.15, 0.2) is 91.0 Å². The van der Waals surface area contributed by atoms with Crippen LogP contribution in [0.5, 0.6) is 0 Å². The largest absolute Gasteiger partial charge is 0.699 e. The van der Waals surface area contributed by atoms with Crippen molar-refractivity contribution in [1.82, 2.24) is 0 Å². The minimum absolute atomic E-state index is 0. The maximum absolute atomic E-state index is 7.84. The molecule has 0 aliphatic carbocycles. The van der Waals surface area contributed by atoms with E-state index in [4.69, 9.17) is 11.5 Å². The Balaban J connectivity index is 0.000000281. The van der Waals surface area contributed by atoms with Gasteiger partial charge in [0, 0.05) is 88.1 Å². The molecule has 2 N–H and O–H groups in total. The van der Waals surface area contributed by atoms with Crippen molar-refractivity contribution in [2.45, 2.75) is 26.3 Å². The first kappa shape index (κ1) is 27.8. The molecular weight excluding hydrogens is 794 g/mol. The van der Waals surface area contributed by atoms with Gasteiger partial charge in [-0.25, -0.2) is 0 Å². The smallest absolute Gasteiger partial charge is 0 e. The molecule has 4 aromatic carbocycles. The molecule has 1 atom stereocenters.